The molecule has 138 valence electrons. The van der Waals surface area contributed by atoms with Crippen molar-refractivity contribution in [2.75, 3.05) is 6.61 Å². The maximum Gasteiger partial charge on any atom is 0.155 e. The van der Waals surface area contributed by atoms with Gasteiger partial charge >= 0.3 is 0 Å². The number of ketones is 1. The van der Waals surface area contributed by atoms with E-state index in [0.29, 0.717) is 35.9 Å². The van der Waals surface area contributed by atoms with E-state index in [1.165, 1.54) is 5.57 Å². The van der Waals surface area contributed by atoms with E-state index in [-0.39, 0.29) is 16.7 Å². The molecule has 0 aromatic carbocycles. The van der Waals surface area contributed by atoms with Gasteiger partial charge < -0.3 is 5.11 Å². The quantitative estimate of drug-likeness (QED) is 0.727. The number of carbonyl (C=O) groups excluding carboxylic acids is 1. The number of halogens is 1. The summed E-state index contributed by atoms with van der Waals surface area (Å²) in [4.78, 5) is 12.0. The van der Waals surface area contributed by atoms with Crippen LogP contribution in [0.4, 0.5) is 4.39 Å². The number of allylic oxidation sites excluding steroid dienone is 2. The zero-order valence-corrected chi connectivity index (χ0v) is 15.8. The summed E-state index contributed by atoms with van der Waals surface area (Å²) < 4.78 is 14.3. The fourth-order valence-corrected chi connectivity index (χ4v) is 7.34. The predicted octanol–water partition coefficient (Wildman–Crippen LogP) is 4.98. The van der Waals surface area contributed by atoms with E-state index >= 15 is 0 Å². The number of carbonyl (C=O) groups is 1. The van der Waals surface area contributed by atoms with Crippen LogP contribution < -0.4 is 0 Å². The Hall–Kier alpha value is -0.960. The molecule has 25 heavy (non-hydrogen) atoms. The first-order chi connectivity index (χ1) is 11.8. The number of rotatable bonds is 1. The Morgan fingerprint density at radius 2 is 1.92 bits per heavy atom. The molecule has 2 nitrogen and oxygen atoms in total. The first kappa shape index (κ1) is 17.5. The molecule has 0 aromatic heterocycles. The van der Waals surface area contributed by atoms with Gasteiger partial charge in [0.05, 0.1) is 6.61 Å². The van der Waals surface area contributed by atoms with Crippen LogP contribution >= 0.6 is 0 Å². The average Bonchev–Trinajstić information content (AvgIpc) is 2.93. The lowest BCUT2D eigenvalue weighted by molar-refractivity contribution is -0.117. The summed E-state index contributed by atoms with van der Waals surface area (Å²) in [5.41, 5.74) is 2.37. The first-order valence-electron chi connectivity index (χ1n) is 10.0. The molecule has 3 fully saturated rings. The Kier molecular flexibility index (Phi) is 4.03. The lowest BCUT2D eigenvalue weighted by atomic mass is 9.45. The number of fused-ring (bicyclic) bond motifs is 5. The lowest BCUT2D eigenvalue weighted by Crippen LogP contribution is -2.51. The molecular weight excluding hydrogens is 315 g/mol. The molecule has 0 saturated heterocycles. The second-order valence-electron chi connectivity index (χ2n) is 9.53. The summed E-state index contributed by atoms with van der Waals surface area (Å²) in [5.74, 6) is 2.24. The number of hydrogen-bond donors (Lipinski definition) is 1. The molecule has 0 bridgehead atoms. The number of hydrogen-bond acceptors (Lipinski definition) is 2. The van der Waals surface area contributed by atoms with E-state index < -0.39 is 6.61 Å². The molecule has 0 spiro atoms. The Balaban J connectivity index is 1.72. The number of aliphatic hydroxyl groups excluding tert-OH is 1. The predicted molar refractivity (Wildman–Crippen MR) is 96.5 cm³/mol. The van der Waals surface area contributed by atoms with Crippen LogP contribution in [-0.2, 0) is 4.79 Å². The third kappa shape index (κ3) is 2.34. The maximum atomic E-state index is 14.3. The van der Waals surface area contributed by atoms with Crippen LogP contribution in [0.25, 0.3) is 0 Å². The summed E-state index contributed by atoms with van der Waals surface area (Å²) >= 11 is 0. The molecule has 0 radical (unpaired) electrons. The van der Waals surface area contributed by atoms with E-state index in [1.54, 1.807) is 0 Å². The highest BCUT2D eigenvalue weighted by molar-refractivity contribution is 5.91. The molecule has 1 unspecified atom stereocenters. The van der Waals surface area contributed by atoms with Crippen LogP contribution in [-0.4, -0.2) is 17.5 Å². The topological polar surface area (TPSA) is 37.3 Å². The van der Waals surface area contributed by atoms with E-state index in [2.05, 4.69) is 20.8 Å². The Labute approximate surface area is 150 Å². The molecule has 3 saturated carbocycles. The van der Waals surface area contributed by atoms with Crippen molar-refractivity contribution < 1.29 is 14.3 Å². The Morgan fingerprint density at radius 3 is 2.64 bits per heavy atom. The van der Waals surface area contributed by atoms with Crippen molar-refractivity contribution in [3.8, 4) is 0 Å². The van der Waals surface area contributed by atoms with Gasteiger partial charge in [-0.1, -0.05) is 26.3 Å². The van der Waals surface area contributed by atoms with Gasteiger partial charge in [0, 0.05) is 6.42 Å². The van der Waals surface area contributed by atoms with Crippen LogP contribution in [0.1, 0.15) is 65.7 Å². The fraction of sp³-hybridized carbons (Fsp3) is 0.773. The van der Waals surface area contributed by atoms with Crippen molar-refractivity contribution >= 4 is 5.78 Å². The van der Waals surface area contributed by atoms with Crippen molar-refractivity contribution in [1.29, 1.82) is 0 Å². The van der Waals surface area contributed by atoms with Crippen molar-refractivity contribution in [1.82, 2.24) is 0 Å². The molecule has 0 heterocycles. The molecule has 1 N–H and O–H groups in total. The van der Waals surface area contributed by atoms with Gasteiger partial charge in [0.2, 0.25) is 0 Å². The SMILES string of the molecule is CC1C[C@@H]2[C@H](CC[C@]3(C)C(=C(F)CO)CC[C@@H]23)[C@@]2(C)CCC(=O)C=C12. The molecule has 0 aliphatic heterocycles. The van der Waals surface area contributed by atoms with Crippen LogP contribution in [0.5, 0.6) is 0 Å². The Bertz CT molecular complexity index is 663. The molecule has 4 rings (SSSR count). The minimum atomic E-state index is -0.450. The van der Waals surface area contributed by atoms with E-state index in [1.807, 2.05) is 6.08 Å². The van der Waals surface area contributed by atoms with Gasteiger partial charge in [-0.3, -0.25) is 4.79 Å². The minimum Gasteiger partial charge on any atom is -0.389 e. The Morgan fingerprint density at radius 1 is 1.20 bits per heavy atom. The van der Waals surface area contributed by atoms with Crippen molar-refractivity contribution in [3.63, 3.8) is 0 Å². The van der Waals surface area contributed by atoms with Crippen molar-refractivity contribution in [2.45, 2.75) is 65.7 Å². The highest BCUT2D eigenvalue weighted by Crippen LogP contribution is 2.67. The summed E-state index contributed by atoms with van der Waals surface area (Å²) in [7, 11) is 0. The first-order valence-corrected chi connectivity index (χ1v) is 10.0. The fourth-order valence-electron chi connectivity index (χ4n) is 7.34. The minimum absolute atomic E-state index is 0.0736. The molecule has 6 atom stereocenters. The highest BCUT2D eigenvalue weighted by Gasteiger charge is 2.59. The second kappa shape index (κ2) is 5.77. The molecule has 0 aromatic rings. The summed E-state index contributed by atoms with van der Waals surface area (Å²) in [6.45, 7) is 6.47. The van der Waals surface area contributed by atoms with Gasteiger partial charge in [-0.15, -0.1) is 0 Å². The monoisotopic (exact) mass is 346 g/mol. The zero-order chi connectivity index (χ0) is 18.0. The van der Waals surface area contributed by atoms with Gasteiger partial charge in [-0.05, 0) is 84.7 Å². The maximum absolute atomic E-state index is 14.3. The van der Waals surface area contributed by atoms with Crippen LogP contribution in [0, 0.1) is 34.5 Å². The van der Waals surface area contributed by atoms with E-state index in [0.717, 1.165) is 44.1 Å². The van der Waals surface area contributed by atoms with Crippen molar-refractivity contribution in [3.05, 3.63) is 23.0 Å². The molecular formula is C22H31FO2. The lowest BCUT2D eigenvalue weighted by Gasteiger charge is -2.59. The number of aliphatic hydroxyl groups is 1. The van der Waals surface area contributed by atoms with Gasteiger partial charge in [0.25, 0.3) is 0 Å². The average molecular weight is 346 g/mol. The smallest absolute Gasteiger partial charge is 0.155 e. The zero-order valence-electron chi connectivity index (χ0n) is 15.8. The van der Waals surface area contributed by atoms with E-state index in [4.69, 9.17) is 0 Å². The molecule has 4 aliphatic carbocycles. The van der Waals surface area contributed by atoms with Gasteiger partial charge in [-0.25, -0.2) is 4.39 Å². The second-order valence-corrected chi connectivity index (χ2v) is 9.53. The normalized spacial score (nSPS) is 48.4. The van der Waals surface area contributed by atoms with E-state index in [9.17, 15) is 14.3 Å². The molecule has 0 amide bonds. The van der Waals surface area contributed by atoms with Crippen LogP contribution in [0.2, 0.25) is 0 Å². The van der Waals surface area contributed by atoms with Crippen LogP contribution in [0.3, 0.4) is 0 Å². The van der Waals surface area contributed by atoms with Crippen LogP contribution in [0.15, 0.2) is 23.0 Å². The highest BCUT2D eigenvalue weighted by atomic mass is 19.1. The van der Waals surface area contributed by atoms with Crippen molar-refractivity contribution in [2.24, 2.45) is 34.5 Å². The largest absolute Gasteiger partial charge is 0.389 e. The molecule has 3 heteroatoms. The summed E-state index contributed by atoms with van der Waals surface area (Å²) in [5, 5.41) is 9.32. The van der Waals surface area contributed by atoms with Gasteiger partial charge in [0.15, 0.2) is 5.78 Å². The summed E-state index contributed by atoms with van der Waals surface area (Å²) in [6.07, 6.45) is 8.77. The van der Waals surface area contributed by atoms with Gasteiger partial charge in [0.1, 0.15) is 5.83 Å². The third-order valence-electron chi connectivity index (χ3n) is 8.53. The standard InChI is InChI=1S/C22H31FO2/c1-13-10-15-16-4-5-18(20(23)12-24)21(16,2)9-7-17(15)22(3)8-6-14(25)11-19(13)22/h11,13,15-17,24H,4-10,12H2,1-3H3/t13?,15-,16-,17-,21-,22+/m0/s1. The molecule has 4 aliphatic rings. The summed E-state index contributed by atoms with van der Waals surface area (Å²) in [6, 6.07) is 0. The van der Waals surface area contributed by atoms with Gasteiger partial charge in [-0.2, -0.15) is 0 Å². The third-order valence-corrected chi connectivity index (χ3v) is 8.53.